The van der Waals surface area contributed by atoms with Crippen LogP contribution >= 0.6 is 36.0 Å². The van der Waals surface area contributed by atoms with Gasteiger partial charge in [0.1, 0.15) is 11.0 Å². The van der Waals surface area contributed by atoms with E-state index >= 15 is 0 Å². The molecule has 6 nitrogen and oxygen atoms in total. The third-order valence-electron chi connectivity index (χ3n) is 7.12. The molecule has 2 saturated heterocycles. The van der Waals surface area contributed by atoms with Crippen LogP contribution in [-0.4, -0.2) is 32.9 Å². The Balaban J connectivity index is 1.38. The van der Waals surface area contributed by atoms with Crippen molar-refractivity contribution < 1.29 is 0 Å². The van der Waals surface area contributed by atoms with E-state index in [2.05, 4.69) is 61.4 Å². The van der Waals surface area contributed by atoms with Crippen LogP contribution in [0.15, 0.2) is 24.3 Å². The number of hydrogen-bond acceptors (Lipinski definition) is 9. The Bertz CT molecular complexity index is 1050. The van der Waals surface area contributed by atoms with Gasteiger partial charge in [-0.25, -0.2) is 18.9 Å². The van der Waals surface area contributed by atoms with E-state index < -0.39 is 0 Å². The zero-order valence-corrected chi connectivity index (χ0v) is 18.8. The molecule has 4 N–H and O–H groups in total. The van der Waals surface area contributed by atoms with Crippen molar-refractivity contribution in [3.05, 3.63) is 35.4 Å². The zero-order valence-electron chi connectivity index (χ0n) is 16.3. The van der Waals surface area contributed by atoms with Gasteiger partial charge in [-0.05, 0) is 53.5 Å². The molecule has 0 radical (unpaired) electrons. The Labute approximate surface area is 183 Å². The number of rotatable bonds is 3. The maximum atomic E-state index is 4.70. The predicted molar refractivity (Wildman–Crippen MR) is 124 cm³/mol. The van der Waals surface area contributed by atoms with E-state index in [4.69, 9.17) is 4.37 Å². The first-order valence-corrected chi connectivity index (χ1v) is 12.6. The minimum absolute atomic E-state index is 0.477. The van der Waals surface area contributed by atoms with Gasteiger partial charge in [0.05, 0.1) is 11.7 Å². The summed E-state index contributed by atoms with van der Waals surface area (Å²) in [5.74, 6) is 1.13. The molecule has 152 valence electrons. The summed E-state index contributed by atoms with van der Waals surface area (Å²) in [6.45, 7) is 4.54. The van der Waals surface area contributed by atoms with Crippen LogP contribution in [0.4, 0.5) is 0 Å². The molecule has 4 unspecified atom stereocenters. The number of fused-ring (bicyclic) bond motifs is 4. The van der Waals surface area contributed by atoms with E-state index in [0.717, 1.165) is 23.9 Å². The van der Waals surface area contributed by atoms with Gasteiger partial charge in [0.2, 0.25) is 0 Å². The van der Waals surface area contributed by atoms with Crippen LogP contribution in [0.5, 0.6) is 0 Å². The summed E-state index contributed by atoms with van der Waals surface area (Å²) in [5, 5.41) is 2.64. The van der Waals surface area contributed by atoms with Crippen molar-refractivity contribution in [1.29, 1.82) is 0 Å². The minimum atomic E-state index is 0.477. The molecule has 0 bridgehead atoms. The van der Waals surface area contributed by atoms with Crippen LogP contribution in [0.3, 0.4) is 0 Å². The molecule has 2 aliphatic heterocycles. The predicted octanol–water partition coefficient (Wildman–Crippen LogP) is 3.34. The fourth-order valence-electron chi connectivity index (χ4n) is 5.54. The zero-order chi connectivity index (χ0) is 19.5. The third kappa shape index (κ3) is 2.86. The second-order valence-corrected chi connectivity index (χ2v) is 10.3. The highest BCUT2D eigenvalue weighted by molar-refractivity contribution is 7.96. The molecule has 3 heterocycles. The molecular weight excluding hydrogens is 420 g/mol. The van der Waals surface area contributed by atoms with Gasteiger partial charge in [0, 0.05) is 48.4 Å². The van der Waals surface area contributed by atoms with Gasteiger partial charge in [-0.2, -0.15) is 8.75 Å². The summed E-state index contributed by atoms with van der Waals surface area (Å²) >= 11 is 4.68. The molecule has 1 aliphatic carbocycles. The topological polar surface area (TPSA) is 73.9 Å². The van der Waals surface area contributed by atoms with Gasteiger partial charge in [0.15, 0.2) is 0 Å². The lowest BCUT2D eigenvalue weighted by atomic mass is 9.68. The Morgan fingerprint density at radius 2 is 1.48 bits per heavy atom. The maximum Gasteiger partial charge on any atom is 0.108 e. The molecular formula is C20H24N6S3. The number of aromatic nitrogens is 2. The van der Waals surface area contributed by atoms with Gasteiger partial charge in [-0.15, -0.1) is 0 Å². The summed E-state index contributed by atoms with van der Waals surface area (Å²) in [6.07, 6.45) is 2.14. The molecule has 1 saturated carbocycles. The van der Waals surface area contributed by atoms with Crippen molar-refractivity contribution in [2.75, 3.05) is 0 Å². The van der Waals surface area contributed by atoms with Crippen molar-refractivity contribution >= 4 is 57.8 Å². The van der Waals surface area contributed by atoms with E-state index in [-0.39, 0.29) is 0 Å². The van der Waals surface area contributed by atoms with Gasteiger partial charge < -0.3 is 0 Å². The monoisotopic (exact) mass is 444 g/mol. The minimum Gasteiger partial charge on any atom is -0.246 e. The largest absolute Gasteiger partial charge is 0.246 e. The molecule has 3 aliphatic rings. The summed E-state index contributed by atoms with van der Waals surface area (Å²) in [5.41, 5.74) is 4.78. The summed E-state index contributed by atoms with van der Waals surface area (Å²) in [4.78, 5) is 0. The highest BCUT2D eigenvalue weighted by Gasteiger charge is 2.52. The van der Waals surface area contributed by atoms with Gasteiger partial charge >= 0.3 is 0 Å². The summed E-state index contributed by atoms with van der Waals surface area (Å²) < 4.78 is 23.9. The van der Waals surface area contributed by atoms with E-state index in [1.165, 1.54) is 33.6 Å². The Kier molecular flexibility index (Phi) is 4.75. The van der Waals surface area contributed by atoms with Crippen molar-refractivity contribution in [2.45, 2.75) is 50.9 Å². The first kappa shape index (κ1) is 18.8. The van der Waals surface area contributed by atoms with Gasteiger partial charge in [-0.1, -0.05) is 31.2 Å². The van der Waals surface area contributed by atoms with Crippen LogP contribution in [0, 0.1) is 18.8 Å². The molecule has 0 spiro atoms. The molecule has 2 aromatic carbocycles. The molecule has 6 rings (SSSR count). The average Bonchev–Trinajstić information content (AvgIpc) is 3.50. The van der Waals surface area contributed by atoms with Crippen molar-refractivity contribution in [3.8, 4) is 0 Å². The highest BCUT2D eigenvalue weighted by atomic mass is 32.2. The summed E-state index contributed by atoms with van der Waals surface area (Å²) in [7, 11) is 0. The normalized spacial score (nSPS) is 34.0. The van der Waals surface area contributed by atoms with Crippen molar-refractivity contribution in [3.63, 3.8) is 0 Å². The van der Waals surface area contributed by atoms with E-state index in [1.807, 2.05) is 0 Å². The highest BCUT2D eigenvalue weighted by Crippen LogP contribution is 2.41. The Morgan fingerprint density at radius 3 is 2.21 bits per heavy atom. The molecule has 3 fully saturated rings. The lowest BCUT2D eigenvalue weighted by Crippen LogP contribution is -2.62. The molecule has 4 atom stereocenters. The molecule has 3 aromatic rings. The van der Waals surface area contributed by atoms with E-state index in [9.17, 15) is 0 Å². The number of nitrogens with zero attached hydrogens (tertiary/aromatic N) is 2. The SMILES string of the molecule is Cc1c2ccccc2c(CCC2C3NSNC3C(C)C3NSNC23)c2nsnc12. The maximum absolute atomic E-state index is 4.70. The second-order valence-electron chi connectivity index (χ2n) is 8.45. The van der Waals surface area contributed by atoms with E-state index in [0.29, 0.717) is 36.0 Å². The lowest BCUT2D eigenvalue weighted by molar-refractivity contribution is 0.139. The smallest absolute Gasteiger partial charge is 0.108 e. The van der Waals surface area contributed by atoms with Crippen molar-refractivity contribution in [2.24, 2.45) is 11.8 Å². The van der Waals surface area contributed by atoms with Crippen LogP contribution in [0.2, 0.25) is 0 Å². The van der Waals surface area contributed by atoms with Crippen LogP contribution in [0.1, 0.15) is 24.5 Å². The quantitative estimate of drug-likeness (QED) is 0.459. The van der Waals surface area contributed by atoms with E-state index in [1.54, 1.807) is 24.3 Å². The van der Waals surface area contributed by atoms with Gasteiger partial charge in [-0.3, -0.25) is 0 Å². The molecule has 1 aromatic heterocycles. The van der Waals surface area contributed by atoms with Crippen LogP contribution in [0.25, 0.3) is 21.8 Å². The first-order chi connectivity index (χ1) is 14.2. The fraction of sp³-hybridized carbons (Fsp3) is 0.500. The second kappa shape index (κ2) is 7.33. The van der Waals surface area contributed by atoms with Crippen molar-refractivity contribution in [1.82, 2.24) is 27.6 Å². The molecule has 0 amide bonds. The molecule has 9 heteroatoms. The average molecular weight is 445 g/mol. The summed E-state index contributed by atoms with van der Waals surface area (Å²) in [6, 6.07) is 10.7. The Hall–Kier alpha value is -0.940. The number of benzene rings is 2. The Morgan fingerprint density at radius 1 is 0.862 bits per heavy atom. The lowest BCUT2D eigenvalue weighted by Gasteiger charge is -2.44. The third-order valence-corrected chi connectivity index (χ3v) is 9.21. The first-order valence-electron chi connectivity index (χ1n) is 10.2. The fourth-order valence-corrected chi connectivity index (χ4v) is 8.21. The van der Waals surface area contributed by atoms with Gasteiger partial charge in [0.25, 0.3) is 0 Å². The standard InChI is InChI=1S/C20H24N6S3/c1-9-11-5-3-4-6-12(11)13(18-15(9)21-27-24-18)7-8-14-19-16(22-28-25-19)10(2)17-20(14)26-29-23-17/h3-6,10,14,16-17,19-20,22-23,25-26H,7-8H2,1-2H3. The van der Waals surface area contributed by atoms with Crippen LogP contribution in [-0.2, 0) is 6.42 Å². The number of hydrogen-bond donors (Lipinski definition) is 4. The van der Waals surface area contributed by atoms with Crippen LogP contribution < -0.4 is 18.9 Å². The number of nitrogens with one attached hydrogen (secondary N) is 4. The number of aryl methyl sites for hydroxylation is 2. The molecule has 29 heavy (non-hydrogen) atoms.